The summed E-state index contributed by atoms with van der Waals surface area (Å²) in [5, 5.41) is 14.6. The van der Waals surface area contributed by atoms with Gasteiger partial charge in [0.1, 0.15) is 6.10 Å². The van der Waals surface area contributed by atoms with Gasteiger partial charge >= 0.3 is 11.9 Å². The van der Waals surface area contributed by atoms with Gasteiger partial charge in [-0.15, -0.1) is 0 Å². The normalized spacial score (nSPS) is 19.0. The number of allylic oxidation sites excluding steroid dienone is 2. The molecular weight excluding hydrogens is 488 g/mol. The Morgan fingerprint density at radius 2 is 1.82 bits per heavy atom. The van der Waals surface area contributed by atoms with Crippen LogP contribution >= 0.6 is 0 Å². The minimum atomic E-state index is -0.916. The van der Waals surface area contributed by atoms with Crippen LogP contribution in [0.3, 0.4) is 0 Å². The number of nitrogens with zero attached hydrogens (tertiary/aromatic N) is 3. The third kappa shape index (κ3) is 5.91. The lowest BCUT2D eigenvalue weighted by Gasteiger charge is -2.33. The average Bonchev–Trinajstić information content (AvgIpc) is 2.93. The summed E-state index contributed by atoms with van der Waals surface area (Å²) in [6.45, 7) is 5.78. The maximum Gasteiger partial charge on any atom is 0.337 e. The fourth-order valence-electron chi connectivity index (χ4n) is 5.14. The summed E-state index contributed by atoms with van der Waals surface area (Å²) < 4.78 is 11.2. The highest BCUT2D eigenvalue weighted by atomic mass is 16.6. The maximum atomic E-state index is 13.9. The van der Waals surface area contributed by atoms with Crippen LogP contribution in [0.1, 0.15) is 56.3 Å². The number of dihydropyridines is 1. The van der Waals surface area contributed by atoms with Crippen LogP contribution in [0.4, 0.5) is 5.69 Å². The van der Waals surface area contributed by atoms with E-state index in [-0.39, 0.29) is 16.8 Å². The van der Waals surface area contributed by atoms with Crippen LogP contribution in [0.5, 0.6) is 0 Å². The molecule has 2 atom stereocenters. The number of carbonyl (C=O) groups excluding carboxylic acids is 2. The van der Waals surface area contributed by atoms with Crippen molar-refractivity contribution >= 4 is 17.6 Å². The largest absolute Gasteiger partial charge is 0.466 e. The van der Waals surface area contributed by atoms with E-state index < -0.39 is 28.9 Å². The van der Waals surface area contributed by atoms with Crippen molar-refractivity contribution in [3.8, 4) is 0 Å². The second kappa shape index (κ2) is 12.0. The molecule has 0 saturated carbocycles. The Kier molecular flexibility index (Phi) is 8.52. The van der Waals surface area contributed by atoms with E-state index in [9.17, 15) is 19.7 Å². The summed E-state index contributed by atoms with van der Waals surface area (Å²) in [7, 11) is 1.26. The number of non-ortho nitro benzene ring substituents is 1. The number of aromatic nitrogens is 1. The van der Waals surface area contributed by atoms with Gasteiger partial charge in [0.25, 0.3) is 5.69 Å². The number of likely N-dealkylation sites (tertiary alicyclic amines) is 1. The Bertz CT molecular complexity index is 1270. The fraction of sp³-hybridized carbons (Fsp3) is 0.393. The maximum absolute atomic E-state index is 13.9. The summed E-state index contributed by atoms with van der Waals surface area (Å²) in [6.07, 6.45) is 6.11. The number of carbonyl (C=O) groups is 2. The van der Waals surface area contributed by atoms with Crippen LogP contribution < -0.4 is 5.32 Å². The number of methoxy groups -OCH3 is 1. The van der Waals surface area contributed by atoms with Gasteiger partial charge in [-0.3, -0.25) is 20.0 Å². The molecule has 4 rings (SSSR count). The van der Waals surface area contributed by atoms with Gasteiger partial charge in [0.05, 0.1) is 29.1 Å². The summed E-state index contributed by atoms with van der Waals surface area (Å²) in [5.41, 5.74) is 2.43. The monoisotopic (exact) mass is 520 g/mol. The molecule has 2 aliphatic rings. The molecule has 10 nitrogen and oxygen atoms in total. The smallest absolute Gasteiger partial charge is 0.337 e. The Balaban J connectivity index is 1.74. The zero-order chi connectivity index (χ0) is 27.2. The zero-order valence-electron chi connectivity index (χ0n) is 21.8. The number of rotatable bonds is 8. The highest BCUT2D eigenvalue weighted by Crippen LogP contribution is 2.40. The molecule has 0 radical (unpaired) electrons. The zero-order valence-corrected chi connectivity index (χ0v) is 21.8. The Labute approximate surface area is 221 Å². The van der Waals surface area contributed by atoms with Crippen molar-refractivity contribution in [1.29, 1.82) is 0 Å². The lowest BCUT2D eigenvalue weighted by Crippen LogP contribution is -2.36. The van der Waals surface area contributed by atoms with E-state index in [0.29, 0.717) is 23.5 Å². The Morgan fingerprint density at radius 3 is 2.45 bits per heavy atom. The third-order valence-corrected chi connectivity index (χ3v) is 6.98. The topological polar surface area (TPSA) is 124 Å². The van der Waals surface area contributed by atoms with Crippen LogP contribution in [0.25, 0.3) is 0 Å². The van der Waals surface area contributed by atoms with E-state index >= 15 is 0 Å². The van der Waals surface area contributed by atoms with Crippen molar-refractivity contribution in [3.63, 3.8) is 0 Å². The van der Waals surface area contributed by atoms with E-state index in [1.165, 1.54) is 31.7 Å². The number of piperidine rings is 1. The van der Waals surface area contributed by atoms with E-state index in [2.05, 4.69) is 15.2 Å². The van der Waals surface area contributed by atoms with Crippen molar-refractivity contribution in [2.75, 3.05) is 26.7 Å². The van der Waals surface area contributed by atoms with E-state index in [0.717, 1.165) is 31.5 Å². The van der Waals surface area contributed by atoms with Crippen molar-refractivity contribution < 1.29 is 24.0 Å². The standard InChI is InChI=1S/C28H32N4O6/c1-18-24(27(33)37-3)26(20-9-7-11-22(15-20)32(35)36)25(19(2)30-18)28(34)38-23(21-10-8-12-29-16-21)17-31-13-5-4-6-14-31/h7-12,15-16,23,26,30H,4-6,13-14,17H2,1-3H3. The molecular formula is C28H32N4O6. The molecule has 1 aromatic heterocycles. The molecule has 1 N–H and O–H groups in total. The molecule has 1 fully saturated rings. The third-order valence-electron chi connectivity index (χ3n) is 6.98. The number of hydrogen-bond donors (Lipinski definition) is 1. The molecule has 0 aliphatic carbocycles. The van der Waals surface area contributed by atoms with Crippen molar-refractivity contribution in [3.05, 3.63) is 92.6 Å². The molecule has 1 aromatic carbocycles. The summed E-state index contributed by atoms with van der Waals surface area (Å²) in [4.78, 5) is 44.3. The number of benzene rings is 1. The van der Waals surface area contributed by atoms with Crippen LogP contribution in [-0.2, 0) is 19.1 Å². The van der Waals surface area contributed by atoms with Crippen LogP contribution in [0.15, 0.2) is 71.3 Å². The molecule has 0 bridgehead atoms. The molecule has 2 unspecified atom stereocenters. The lowest BCUT2D eigenvalue weighted by molar-refractivity contribution is -0.384. The summed E-state index contributed by atoms with van der Waals surface area (Å²) in [6, 6.07) is 9.60. The number of nitrogens with one attached hydrogen (secondary N) is 1. The van der Waals surface area contributed by atoms with Gasteiger partial charge in [-0.25, -0.2) is 9.59 Å². The predicted octanol–water partition coefficient (Wildman–Crippen LogP) is 4.17. The number of nitro benzene ring substituents is 1. The van der Waals surface area contributed by atoms with Crippen LogP contribution in [0, 0.1) is 10.1 Å². The number of ether oxygens (including phenoxy) is 2. The first-order valence-corrected chi connectivity index (χ1v) is 12.6. The van der Waals surface area contributed by atoms with Gasteiger partial charge in [0.15, 0.2) is 0 Å². The van der Waals surface area contributed by atoms with E-state index in [1.54, 1.807) is 38.4 Å². The molecule has 0 spiro atoms. The first kappa shape index (κ1) is 27.0. The van der Waals surface area contributed by atoms with Gasteiger partial charge in [-0.1, -0.05) is 24.6 Å². The molecule has 200 valence electrons. The average molecular weight is 521 g/mol. The molecule has 3 heterocycles. The second-order valence-electron chi connectivity index (χ2n) is 9.52. The molecule has 38 heavy (non-hydrogen) atoms. The highest BCUT2D eigenvalue weighted by molar-refractivity contribution is 6.00. The van der Waals surface area contributed by atoms with Gasteiger partial charge in [-0.05, 0) is 51.4 Å². The molecule has 2 aromatic rings. The Morgan fingerprint density at radius 1 is 1.11 bits per heavy atom. The van der Waals surface area contributed by atoms with Crippen molar-refractivity contribution in [1.82, 2.24) is 15.2 Å². The number of esters is 2. The number of nitro groups is 1. The van der Waals surface area contributed by atoms with Gasteiger partial charge in [0, 0.05) is 48.0 Å². The van der Waals surface area contributed by atoms with Gasteiger partial charge in [-0.2, -0.15) is 0 Å². The highest BCUT2D eigenvalue weighted by Gasteiger charge is 2.39. The molecule has 2 aliphatic heterocycles. The second-order valence-corrected chi connectivity index (χ2v) is 9.52. The summed E-state index contributed by atoms with van der Waals surface area (Å²) in [5.74, 6) is -2.17. The van der Waals surface area contributed by atoms with Gasteiger partial charge in [0.2, 0.25) is 0 Å². The summed E-state index contributed by atoms with van der Waals surface area (Å²) >= 11 is 0. The fourth-order valence-corrected chi connectivity index (χ4v) is 5.14. The molecule has 0 amide bonds. The van der Waals surface area contributed by atoms with Crippen LogP contribution in [0.2, 0.25) is 0 Å². The first-order valence-electron chi connectivity index (χ1n) is 12.6. The molecule has 1 saturated heterocycles. The predicted molar refractivity (Wildman–Crippen MR) is 140 cm³/mol. The minimum Gasteiger partial charge on any atom is -0.466 e. The lowest BCUT2D eigenvalue weighted by atomic mass is 9.80. The van der Waals surface area contributed by atoms with Gasteiger partial charge < -0.3 is 14.8 Å². The quantitative estimate of drug-likeness (QED) is 0.310. The van der Waals surface area contributed by atoms with Crippen molar-refractivity contribution in [2.24, 2.45) is 0 Å². The SMILES string of the molecule is COC(=O)C1=C(C)NC(C)=C(C(=O)OC(CN2CCCCC2)c2cccnc2)C1c1cccc([N+](=O)[O-])c1. The molecule has 10 heteroatoms. The van der Waals surface area contributed by atoms with E-state index in [4.69, 9.17) is 9.47 Å². The van der Waals surface area contributed by atoms with Crippen molar-refractivity contribution in [2.45, 2.75) is 45.1 Å². The Hall–Kier alpha value is -4.05. The minimum absolute atomic E-state index is 0.147. The van der Waals surface area contributed by atoms with E-state index in [1.807, 2.05) is 6.07 Å². The number of hydrogen-bond acceptors (Lipinski definition) is 9. The first-order chi connectivity index (χ1) is 18.3. The van der Waals surface area contributed by atoms with Crippen LogP contribution in [-0.4, -0.2) is 53.5 Å². The number of pyridine rings is 1.